The van der Waals surface area contributed by atoms with Gasteiger partial charge in [-0.05, 0) is 49.2 Å². The van der Waals surface area contributed by atoms with Crippen LogP contribution < -0.4 is 20.3 Å². The van der Waals surface area contributed by atoms with Gasteiger partial charge >= 0.3 is 6.18 Å². The van der Waals surface area contributed by atoms with Gasteiger partial charge < -0.3 is 20.3 Å². The molecule has 28 heavy (non-hydrogen) atoms. The number of hydrogen-bond donors (Lipinski definition) is 2. The third-order valence-corrected chi connectivity index (χ3v) is 5.73. The molecule has 0 aliphatic carbocycles. The van der Waals surface area contributed by atoms with Crippen molar-refractivity contribution in [2.45, 2.75) is 31.5 Å². The van der Waals surface area contributed by atoms with Crippen LogP contribution in [0.5, 0.6) is 5.88 Å². The Bertz CT molecular complexity index is 900. The molecule has 150 valence electrons. The molecule has 2 aliphatic heterocycles. The van der Waals surface area contributed by atoms with Crippen molar-refractivity contribution < 1.29 is 17.9 Å². The molecule has 0 bridgehead atoms. The Morgan fingerprint density at radius 2 is 2.11 bits per heavy atom. The molecule has 5 nitrogen and oxygen atoms in total. The predicted octanol–water partition coefficient (Wildman–Crippen LogP) is 4.06. The van der Waals surface area contributed by atoms with E-state index in [2.05, 4.69) is 15.6 Å². The van der Waals surface area contributed by atoms with Crippen LogP contribution >= 0.6 is 0 Å². The van der Waals surface area contributed by atoms with Crippen LogP contribution in [0.15, 0.2) is 24.4 Å². The van der Waals surface area contributed by atoms with Gasteiger partial charge in [-0.2, -0.15) is 13.2 Å². The lowest BCUT2D eigenvalue weighted by molar-refractivity contribution is -0.137. The van der Waals surface area contributed by atoms with E-state index in [-0.39, 0.29) is 12.0 Å². The number of piperidine rings is 1. The number of alkyl halides is 3. The number of halogens is 3. The van der Waals surface area contributed by atoms with Gasteiger partial charge in [-0.3, -0.25) is 0 Å². The molecule has 2 N–H and O–H groups in total. The fourth-order valence-electron chi connectivity index (χ4n) is 4.40. The van der Waals surface area contributed by atoms with Crippen molar-refractivity contribution in [1.29, 1.82) is 0 Å². The van der Waals surface area contributed by atoms with Gasteiger partial charge in [-0.25, -0.2) is 4.98 Å². The number of likely N-dealkylation sites (N-methyl/N-ethyl adjacent to an activating group) is 1. The number of aryl methyl sites for hydroxylation is 1. The fourth-order valence-corrected chi connectivity index (χ4v) is 4.40. The Labute approximate surface area is 161 Å². The average molecular weight is 392 g/mol. The first-order valence-corrected chi connectivity index (χ1v) is 9.26. The van der Waals surface area contributed by atoms with E-state index in [1.54, 1.807) is 19.3 Å². The number of anilines is 3. The minimum Gasteiger partial charge on any atom is -0.480 e. The molecule has 1 aromatic carbocycles. The van der Waals surface area contributed by atoms with Crippen LogP contribution in [0.1, 0.15) is 29.0 Å². The Morgan fingerprint density at radius 3 is 2.82 bits per heavy atom. The second-order valence-electron chi connectivity index (χ2n) is 7.37. The molecule has 2 atom stereocenters. The van der Waals surface area contributed by atoms with Crippen LogP contribution in [0.3, 0.4) is 0 Å². The number of ether oxygens (including phenoxy) is 1. The highest BCUT2D eigenvalue weighted by Crippen LogP contribution is 2.50. The van der Waals surface area contributed by atoms with Crippen LogP contribution in [-0.2, 0) is 6.18 Å². The molecular weight excluding hydrogens is 369 g/mol. The van der Waals surface area contributed by atoms with Crippen LogP contribution in [0.2, 0.25) is 0 Å². The van der Waals surface area contributed by atoms with Gasteiger partial charge in [0.05, 0.1) is 18.4 Å². The highest BCUT2D eigenvalue weighted by Gasteiger charge is 2.45. The highest BCUT2D eigenvalue weighted by molar-refractivity contribution is 5.76. The number of nitrogens with one attached hydrogen (secondary N) is 2. The number of aromatic nitrogens is 1. The molecular formula is C20H23F3N4O. The summed E-state index contributed by atoms with van der Waals surface area (Å²) in [6, 6.07) is 4.90. The van der Waals surface area contributed by atoms with Crippen molar-refractivity contribution >= 4 is 17.1 Å². The number of pyridine rings is 1. The standard InChI is InChI=1S/C20H23F3N4O/c1-11-4-7-25-19(28-3)17(11)26-12-8-13-14-10-24-6-5-16(14)27(2)18(13)15(9-12)20(21,22)23/h4,7-9,14,16,24,26H,5-6,10H2,1-3H3/t14-,16-/m0/s1. The largest absolute Gasteiger partial charge is 0.480 e. The van der Waals surface area contributed by atoms with Gasteiger partial charge in [-0.15, -0.1) is 0 Å². The average Bonchev–Trinajstić information content (AvgIpc) is 2.95. The fraction of sp³-hybridized carbons (Fsp3) is 0.450. The van der Waals surface area contributed by atoms with Gasteiger partial charge in [0, 0.05) is 37.4 Å². The molecule has 0 saturated carbocycles. The lowest BCUT2D eigenvalue weighted by Crippen LogP contribution is -2.42. The van der Waals surface area contributed by atoms with Crippen molar-refractivity contribution in [1.82, 2.24) is 10.3 Å². The summed E-state index contributed by atoms with van der Waals surface area (Å²) in [7, 11) is 3.26. The molecule has 1 aromatic heterocycles. The molecule has 0 unspecified atom stereocenters. The zero-order chi connectivity index (χ0) is 20.1. The maximum atomic E-state index is 13.9. The van der Waals surface area contributed by atoms with Crippen LogP contribution in [0.4, 0.5) is 30.2 Å². The molecule has 2 aromatic rings. The number of nitrogens with zero attached hydrogens (tertiary/aromatic N) is 2. The summed E-state index contributed by atoms with van der Waals surface area (Å²) in [5.41, 5.74) is 2.23. The first-order chi connectivity index (χ1) is 13.3. The number of benzene rings is 1. The first kappa shape index (κ1) is 18.9. The zero-order valence-electron chi connectivity index (χ0n) is 16.0. The normalized spacial score (nSPS) is 21.3. The third-order valence-electron chi connectivity index (χ3n) is 5.73. The van der Waals surface area contributed by atoms with Crippen molar-refractivity contribution in [3.05, 3.63) is 41.1 Å². The summed E-state index contributed by atoms with van der Waals surface area (Å²) < 4.78 is 47.1. The number of hydrogen-bond acceptors (Lipinski definition) is 5. The van der Waals surface area contributed by atoms with Crippen molar-refractivity contribution in [3.8, 4) is 5.88 Å². The van der Waals surface area contributed by atoms with Crippen LogP contribution in [-0.4, -0.2) is 38.3 Å². The zero-order valence-corrected chi connectivity index (χ0v) is 16.0. The predicted molar refractivity (Wildman–Crippen MR) is 103 cm³/mol. The Hall–Kier alpha value is -2.48. The van der Waals surface area contributed by atoms with E-state index >= 15 is 0 Å². The van der Waals surface area contributed by atoms with E-state index < -0.39 is 11.7 Å². The summed E-state index contributed by atoms with van der Waals surface area (Å²) in [6.45, 7) is 3.36. The number of rotatable bonds is 3. The van der Waals surface area contributed by atoms with E-state index in [0.29, 0.717) is 29.5 Å². The highest BCUT2D eigenvalue weighted by atomic mass is 19.4. The summed E-state index contributed by atoms with van der Waals surface area (Å²) >= 11 is 0. The van der Waals surface area contributed by atoms with E-state index in [1.165, 1.54) is 13.2 Å². The van der Waals surface area contributed by atoms with Crippen LogP contribution in [0.25, 0.3) is 0 Å². The quantitative estimate of drug-likeness (QED) is 0.825. The minimum atomic E-state index is -4.44. The second-order valence-corrected chi connectivity index (χ2v) is 7.37. The van der Waals surface area contributed by atoms with Gasteiger partial charge in [0.15, 0.2) is 0 Å². The van der Waals surface area contributed by atoms with E-state index in [1.807, 2.05) is 17.9 Å². The molecule has 3 heterocycles. The lowest BCUT2D eigenvalue weighted by atomic mass is 9.89. The molecule has 1 fully saturated rings. The van der Waals surface area contributed by atoms with Crippen molar-refractivity contribution in [3.63, 3.8) is 0 Å². The van der Waals surface area contributed by atoms with Crippen molar-refractivity contribution in [2.24, 2.45) is 0 Å². The Balaban J connectivity index is 1.83. The topological polar surface area (TPSA) is 49.4 Å². The monoisotopic (exact) mass is 392 g/mol. The summed E-state index contributed by atoms with van der Waals surface area (Å²) in [6.07, 6.45) is -2.01. The van der Waals surface area contributed by atoms with Gasteiger partial charge in [-0.1, -0.05) is 0 Å². The Morgan fingerprint density at radius 1 is 1.32 bits per heavy atom. The third kappa shape index (κ3) is 3.05. The van der Waals surface area contributed by atoms with Gasteiger partial charge in [0.1, 0.15) is 5.69 Å². The molecule has 4 rings (SSSR count). The maximum Gasteiger partial charge on any atom is 0.418 e. The minimum absolute atomic E-state index is 0.0356. The molecule has 0 radical (unpaired) electrons. The summed E-state index contributed by atoms with van der Waals surface area (Å²) in [5.74, 6) is 0.386. The summed E-state index contributed by atoms with van der Waals surface area (Å²) in [4.78, 5) is 5.96. The molecule has 0 amide bonds. The van der Waals surface area contributed by atoms with Crippen LogP contribution in [0, 0.1) is 6.92 Å². The van der Waals surface area contributed by atoms with E-state index in [4.69, 9.17) is 4.74 Å². The first-order valence-electron chi connectivity index (χ1n) is 9.26. The molecule has 1 saturated heterocycles. The SMILES string of the molecule is COc1nccc(C)c1Nc1cc2c(c(C(F)(F)F)c1)N(C)[C@H]1CCNC[C@@H]21. The molecule has 2 aliphatic rings. The summed E-state index contributed by atoms with van der Waals surface area (Å²) in [5, 5.41) is 6.43. The van der Waals surface area contributed by atoms with Gasteiger partial charge in [0.2, 0.25) is 5.88 Å². The van der Waals surface area contributed by atoms with Crippen molar-refractivity contribution in [2.75, 3.05) is 37.5 Å². The van der Waals surface area contributed by atoms with E-state index in [0.717, 1.165) is 24.1 Å². The number of fused-ring (bicyclic) bond motifs is 3. The van der Waals surface area contributed by atoms with Gasteiger partial charge in [0.25, 0.3) is 0 Å². The smallest absolute Gasteiger partial charge is 0.418 e. The Kier molecular flexibility index (Phi) is 4.61. The molecule has 0 spiro atoms. The number of methoxy groups -OCH3 is 1. The lowest BCUT2D eigenvalue weighted by Gasteiger charge is -2.31. The molecule has 8 heteroatoms. The van der Waals surface area contributed by atoms with E-state index in [9.17, 15) is 13.2 Å². The maximum absolute atomic E-state index is 13.9. The second kappa shape index (κ2) is 6.84.